The van der Waals surface area contributed by atoms with E-state index in [-0.39, 0.29) is 6.54 Å². The number of nitrogens with one attached hydrogen (secondary N) is 1. The van der Waals surface area contributed by atoms with E-state index in [0.717, 1.165) is 10.5 Å². The Morgan fingerprint density at radius 1 is 1.04 bits per heavy atom. The van der Waals surface area contributed by atoms with Gasteiger partial charge in [-0.3, -0.25) is 9.59 Å². The maximum atomic E-state index is 12.9. The molecule has 0 unspecified atom stereocenters. The van der Waals surface area contributed by atoms with Crippen molar-refractivity contribution < 1.29 is 23.5 Å². The molecule has 148 valence electrons. The molecule has 1 N–H and O–H groups in total. The fourth-order valence-corrected chi connectivity index (χ4v) is 2.36. The number of rotatable bonds is 7. The highest BCUT2D eigenvalue weighted by Gasteiger charge is 2.16. The van der Waals surface area contributed by atoms with Gasteiger partial charge in [-0.25, -0.2) is 9.18 Å². The Labute approximate surface area is 163 Å². The second-order valence-corrected chi connectivity index (χ2v) is 6.66. The van der Waals surface area contributed by atoms with Crippen LogP contribution >= 0.6 is 0 Å². The summed E-state index contributed by atoms with van der Waals surface area (Å²) in [6.07, 6.45) is 0. The number of benzene rings is 2. The van der Waals surface area contributed by atoms with Crippen molar-refractivity contribution >= 4 is 23.5 Å². The van der Waals surface area contributed by atoms with E-state index in [9.17, 15) is 18.8 Å². The molecule has 0 heterocycles. The van der Waals surface area contributed by atoms with Gasteiger partial charge >= 0.3 is 5.97 Å². The number of nitrogens with zero attached hydrogens (tertiary/aromatic N) is 1. The lowest BCUT2D eigenvalue weighted by atomic mass is 10.0. The molecule has 0 radical (unpaired) electrons. The molecule has 0 saturated carbocycles. The van der Waals surface area contributed by atoms with Crippen LogP contribution < -0.4 is 5.32 Å². The van der Waals surface area contributed by atoms with Crippen LogP contribution in [0.3, 0.4) is 0 Å². The zero-order chi connectivity index (χ0) is 20.7. The Balaban J connectivity index is 1.80. The number of anilines is 1. The van der Waals surface area contributed by atoms with Crippen LogP contribution in [0.25, 0.3) is 0 Å². The number of ether oxygens (including phenoxy) is 1. The zero-order valence-electron chi connectivity index (χ0n) is 16.1. The average molecular weight is 386 g/mol. The second-order valence-electron chi connectivity index (χ2n) is 6.66. The number of hydrogen-bond acceptors (Lipinski definition) is 4. The van der Waals surface area contributed by atoms with Gasteiger partial charge in [-0.2, -0.15) is 0 Å². The molecule has 2 aromatic carbocycles. The molecule has 7 heteroatoms. The lowest BCUT2D eigenvalue weighted by molar-refractivity contribution is -0.136. The van der Waals surface area contributed by atoms with Gasteiger partial charge in [-0.05, 0) is 47.9 Å². The Morgan fingerprint density at radius 2 is 1.64 bits per heavy atom. The van der Waals surface area contributed by atoms with Crippen LogP contribution in [0.4, 0.5) is 10.1 Å². The molecule has 0 aliphatic rings. The van der Waals surface area contributed by atoms with E-state index in [2.05, 4.69) is 5.32 Å². The molecular weight excluding hydrogens is 363 g/mol. The third-order valence-corrected chi connectivity index (χ3v) is 4.07. The molecule has 0 atom stereocenters. The van der Waals surface area contributed by atoms with Crippen LogP contribution in [0.1, 0.15) is 35.7 Å². The van der Waals surface area contributed by atoms with Crippen LogP contribution in [-0.4, -0.2) is 42.9 Å². The minimum absolute atomic E-state index is 0.225. The van der Waals surface area contributed by atoms with Crippen molar-refractivity contribution in [2.45, 2.75) is 19.8 Å². The summed E-state index contributed by atoms with van der Waals surface area (Å²) in [5.74, 6) is -1.63. The number of halogens is 1. The van der Waals surface area contributed by atoms with Crippen LogP contribution in [0, 0.1) is 5.82 Å². The molecule has 28 heavy (non-hydrogen) atoms. The lowest BCUT2D eigenvalue weighted by Crippen LogP contribution is -2.37. The summed E-state index contributed by atoms with van der Waals surface area (Å²) in [5.41, 5.74) is 1.87. The van der Waals surface area contributed by atoms with Gasteiger partial charge in [0, 0.05) is 12.7 Å². The summed E-state index contributed by atoms with van der Waals surface area (Å²) in [5, 5.41) is 2.55. The van der Waals surface area contributed by atoms with Crippen LogP contribution in [0.2, 0.25) is 0 Å². The monoisotopic (exact) mass is 386 g/mol. The normalized spacial score (nSPS) is 10.5. The predicted octanol–water partition coefficient (Wildman–Crippen LogP) is 3.20. The largest absolute Gasteiger partial charge is 0.452 e. The first-order chi connectivity index (χ1) is 13.3. The molecule has 2 aromatic rings. The zero-order valence-corrected chi connectivity index (χ0v) is 16.1. The van der Waals surface area contributed by atoms with E-state index in [1.54, 1.807) is 12.1 Å². The molecule has 0 aliphatic carbocycles. The van der Waals surface area contributed by atoms with E-state index in [1.165, 1.54) is 31.3 Å². The van der Waals surface area contributed by atoms with E-state index < -0.39 is 30.2 Å². The topological polar surface area (TPSA) is 75.7 Å². The summed E-state index contributed by atoms with van der Waals surface area (Å²) in [4.78, 5) is 37.2. The Morgan fingerprint density at radius 3 is 2.21 bits per heavy atom. The van der Waals surface area contributed by atoms with E-state index in [4.69, 9.17) is 4.74 Å². The first kappa shape index (κ1) is 21.1. The predicted molar refractivity (Wildman–Crippen MR) is 103 cm³/mol. The lowest BCUT2D eigenvalue weighted by Gasteiger charge is -2.17. The molecule has 2 rings (SSSR count). The number of carbonyl (C=O) groups excluding carboxylic acids is 3. The number of hydrogen-bond donors (Lipinski definition) is 1. The Bertz CT molecular complexity index is 832. The molecule has 0 fully saturated rings. The van der Waals surface area contributed by atoms with E-state index >= 15 is 0 Å². The summed E-state index contributed by atoms with van der Waals surface area (Å²) in [7, 11) is 1.43. The molecule has 6 nitrogen and oxygen atoms in total. The van der Waals surface area contributed by atoms with Gasteiger partial charge in [-0.15, -0.1) is 0 Å². The highest BCUT2D eigenvalue weighted by molar-refractivity contribution is 5.95. The SMILES string of the molecule is CC(C)c1ccc(C(=O)OCC(=O)N(C)CC(=O)Nc2ccc(F)cc2)cc1. The highest BCUT2D eigenvalue weighted by atomic mass is 19.1. The summed E-state index contributed by atoms with van der Waals surface area (Å²) in [6, 6.07) is 12.3. The van der Waals surface area contributed by atoms with Crippen molar-refractivity contribution in [3.8, 4) is 0 Å². The van der Waals surface area contributed by atoms with Gasteiger partial charge in [0.15, 0.2) is 6.61 Å². The third kappa shape index (κ3) is 6.19. The molecule has 0 saturated heterocycles. The quantitative estimate of drug-likeness (QED) is 0.742. The molecule has 0 aromatic heterocycles. The Kier molecular flexibility index (Phi) is 7.26. The van der Waals surface area contributed by atoms with Crippen LogP contribution in [-0.2, 0) is 14.3 Å². The van der Waals surface area contributed by atoms with Gasteiger partial charge in [0.1, 0.15) is 5.82 Å². The number of likely N-dealkylation sites (N-methyl/N-ethyl adjacent to an activating group) is 1. The molecular formula is C21H23FN2O4. The van der Waals surface area contributed by atoms with Crippen molar-refractivity contribution in [2.24, 2.45) is 0 Å². The maximum absolute atomic E-state index is 12.9. The van der Waals surface area contributed by atoms with Crippen molar-refractivity contribution in [3.63, 3.8) is 0 Å². The van der Waals surface area contributed by atoms with Gasteiger partial charge < -0.3 is 15.0 Å². The van der Waals surface area contributed by atoms with Gasteiger partial charge in [0.25, 0.3) is 5.91 Å². The summed E-state index contributed by atoms with van der Waals surface area (Å²) in [6.45, 7) is 3.41. The van der Waals surface area contributed by atoms with Crippen LogP contribution in [0.5, 0.6) is 0 Å². The van der Waals surface area contributed by atoms with Crippen LogP contribution in [0.15, 0.2) is 48.5 Å². The van der Waals surface area contributed by atoms with Crippen molar-refractivity contribution in [3.05, 3.63) is 65.5 Å². The Hall–Kier alpha value is -3.22. The number of amides is 2. The fraction of sp³-hybridized carbons (Fsp3) is 0.286. The van der Waals surface area contributed by atoms with Gasteiger partial charge in [0.2, 0.25) is 5.91 Å². The fourth-order valence-electron chi connectivity index (χ4n) is 2.36. The first-order valence-electron chi connectivity index (χ1n) is 8.82. The molecule has 0 spiro atoms. The van der Waals surface area contributed by atoms with Gasteiger partial charge in [0.05, 0.1) is 12.1 Å². The van der Waals surface area contributed by atoms with Gasteiger partial charge in [-0.1, -0.05) is 26.0 Å². The van der Waals surface area contributed by atoms with E-state index in [1.807, 2.05) is 26.0 Å². The van der Waals surface area contributed by atoms with Crippen molar-refractivity contribution in [1.82, 2.24) is 4.90 Å². The highest BCUT2D eigenvalue weighted by Crippen LogP contribution is 2.15. The summed E-state index contributed by atoms with van der Waals surface area (Å²) < 4.78 is 17.9. The minimum Gasteiger partial charge on any atom is -0.452 e. The average Bonchev–Trinajstić information content (AvgIpc) is 2.67. The second kappa shape index (κ2) is 9.64. The number of carbonyl (C=O) groups is 3. The molecule has 0 aliphatic heterocycles. The van der Waals surface area contributed by atoms with Crippen molar-refractivity contribution in [1.29, 1.82) is 0 Å². The first-order valence-corrected chi connectivity index (χ1v) is 8.82. The van der Waals surface area contributed by atoms with Crippen molar-refractivity contribution in [2.75, 3.05) is 25.5 Å². The number of esters is 1. The molecule has 0 bridgehead atoms. The minimum atomic E-state index is -0.604. The summed E-state index contributed by atoms with van der Waals surface area (Å²) >= 11 is 0. The standard InChI is InChI=1S/C21H23FN2O4/c1-14(2)15-4-6-16(7-5-15)21(27)28-13-20(26)24(3)12-19(25)23-18-10-8-17(22)9-11-18/h4-11,14H,12-13H2,1-3H3,(H,23,25). The molecule has 2 amide bonds. The van der Waals surface area contributed by atoms with E-state index in [0.29, 0.717) is 17.2 Å². The maximum Gasteiger partial charge on any atom is 0.338 e. The third-order valence-electron chi connectivity index (χ3n) is 4.07. The smallest absolute Gasteiger partial charge is 0.338 e.